The first-order valence-corrected chi connectivity index (χ1v) is 6.68. The van der Waals surface area contributed by atoms with Gasteiger partial charge < -0.3 is 15.8 Å². The quantitative estimate of drug-likeness (QED) is 0.812. The Morgan fingerprint density at radius 2 is 2.05 bits per heavy atom. The van der Waals surface area contributed by atoms with Crippen molar-refractivity contribution in [2.45, 2.75) is 39.5 Å². The van der Waals surface area contributed by atoms with Crippen LogP contribution in [0.15, 0.2) is 24.3 Å². The summed E-state index contributed by atoms with van der Waals surface area (Å²) >= 11 is 0. The lowest BCUT2D eigenvalue weighted by molar-refractivity contribution is -0.123. The fourth-order valence-corrected chi connectivity index (χ4v) is 1.82. The molecule has 0 fully saturated rings. The first-order chi connectivity index (χ1) is 9.08. The van der Waals surface area contributed by atoms with Crippen LogP contribution < -0.4 is 11.1 Å². The van der Waals surface area contributed by atoms with Crippen LogP contribution in [0.2, 0.25) is 0 Å². The molecule has 4 nitrogen and oxygen atoms in total. The predicted molar refractivity (Wildman–Crippen MR) is 83.7 cm³/mol. The maximum Gasteiger partial charge on any atom is 0.237 e. The molecule has 1 aromatic rings. The molecule has 3 N–H and O–H groups in total. The Morgan fingerprint density at radius 1 is 1.40 bits per heavy atom. The average Bonchev–Trinajstić information content (AvgIpc) is 2.44. The van der Waals surface area contributed by atoms with Crippen LogP contribution >= 0.6 is 12.4 Å². The molecule has 1 rings (SSSR count). The minimum atomic E-state index is -0.438. The number of rotatable bonds is 7. The normalized spacial score (nSPS) is 13.2. The summed E-state index contributed by atoms with van der Waals surface area (Å²) in [6.07, 6.45) is 0.901. The Balaban J connectivity index is 0.00000361. The van der Waals surface area contributed by atoms with E-state index in [0.717, 1.165) is 17.5 Å². The van der Waals surface area contributed by atoms with Crippen molar-refractivity contribution in [3.8, 4) is 0 Å². The van der Waals surface area contributed by atoms with Gasteiger partial charge in [-0.05, 0) is 17.0 Å². The summed E-state index contributed by atoms with van der Waals surface area (Å²) in [5, 5.41) is 2.88. The molecule has 0 aliphatic rings. The summed E-state index contributed by atoms with van der Waals surface area (Å²) in [7, 11) is 1.67. The van der Waals surface area contributed by atoms with E-state index < -0.39 is 6.04 Å². The molecule has 0 aliphatic heterocycles. The third-order valence-electron chi connectivity index (χ3n) is 3.33. The van der Waals surface area contributed by atoms with Gasteiger partial charge in [-0.2, -0.15) is 0 Å². The molecule has 5 heteroatoms. The van der Waals surface area contributed by atoms with E-state index in [1.165, 1.54) is 0 Å². The van der Waals surface area contributed by atoms with Crippen molar-refractivity contribution >= 4 is 18.3 Å². The van der Waals surface area contributed by atoms with Gasteiger partial charge in [0.2, 0.25) is 5.91 Å². The molecule has 20 heavy (non-hydrogen) atoms. The molecule has 114 valence electrons. The van der Waals surface area contributed by atoms with Crippen LogP contribution in [0.25, 0.3) is 0 Å². The molecular formula is C15H25ClN2O2. The number of nitrogens with two attached hydrogens (primary N) is 1. The number of hydrogen-bond donors (Lipinski definition) is 2. The molecule has 0 bridgehead atoms. The second-order valence-corrected chi connectivity index (χ2v) is 4.88. The van der Waals surface area contributed by atoms with Crippen LogP contribution in [-0.2, 0) is 22.7 Å². The number of amides is 1. The van der Waals surface area contributed by atoms with Gasteiger partial charge in [-0.3, -0.25) is 4.79 Å². The molecule has 0 saturated carbocycles. The van der Waals surface area contributed by atoms with Gasteiger partial charge in [0.25, 0.3) is 0 Å². The zero-order valence-corrected chi connectivity index (χ0v) is 13.2. The molecule has 0 spiro atoms. The van der Waals surface area contributed by atoms with Crippen molar-refractivity contribution in [3.63, 3.8) is 0 Å². The van der Waals surface area contributed by atoms with E-state index in [2.05, 4.69) is 5.32 Å². The molecule has 2 unspecified atom stereocenters. The number of halogens is 1. The largest absolute Gasteiger partial charge is 0.380 e. The molecule has 1 aromatic carbocycles. The number of hydrogen-bond acceptors (Lipinski definition) is 3. The summed E-state index contributed by atoms with van der Waals surface area (Å²) in [6, 6.07) is 7.53. The lowest BCUT2D eigenvalue weighted by atomic mass is 9.99. The summed E-state index contributed by atoms with van der Waals surface area (Å²) in [5.41, 5.74) is 8.03. The Kier molecular flexibility index (Phi) is 9.21. The van der Waals surface area contributed by atoms with E-state index in [0.29, 0.717) is 13.2 Å². The molecule has 0 saturated heterocycles. The van der Waals surface area contributed by atoms with E-state index in [-0.39, 0.29) is 24.2 Å². The molecule has 0 radical (unpaired) electrons. The number of benzene rings is 1. The van der Waals surface area contributed by atoms with Gasteiger partial charge in [0.15, 0.2) is 0 Å². The number of methoxy groups -OCH3 is 1. The number of carbonyl (C=O) groups excluding carboxylic acids is 1. The molecule has 1 amide bonds. The Labute approximate surface area is 127 Å². The number of carbonyl (C=O) groups is 1. The third kappa shape index (κ3) is 5.90. The number of ether oxygens (including phenoxy) is 1. The fraction of sp³-hybridized carbons (Fsp3) is 0.533. The van der Waals surface area contributed by atoms with Crippen LogP contribution in [-0.4, -0.2) is 19.1 Å². The van der Waals surface area contributed by atoms with Crippen LogP contribution in [0.4, 0.5) is 0 Å². The SMILES string of the molecule is CCC(C)C(N)C(=O)NCc1cccc(COC)c1.Cl. The molecular weight excluding hydrogens is 276 g/mol. The third-order valence-corrected chi connectivity index (χ3v) is 3.33. The van der Waals surface area contributed by atoms with Gasteiger partial charge in [0.1, 0.15) is 0 Å². The fourth-order valence-electron chi connectivity index (χ4n) is 1.82. The topological polar surface area (TPSA) is 64.4 Å². The second kappa shape index (κ2) is 9.75. The van der Waals surface area contributed by atoms with Crippen LogP contribution in [0.5, 0.6) is 0 Å². The van der Waals surface area contributed by atoms with Crippen molar-refractivity contribution in [2.75, 3.05) is 7.11 Å². The van der Waals surface area contributed by atoms with Gasteiger partial charge in [0.05, 0.1) is 12.6 Å². The lowest BCUT2D eigenvalue weighted by Crippen LogP contribution is -2.44. The van der Waals surface area contributed by atoms with Crippen molar-refractivity contribution < 1.29 is 9.53 Å². The zero-order chi connectivity index (χ0) is 14.3. The lowest BCUT2D eigenvalue weighted by Gasteiger charge is -2.17. The minimum absolute atomic E-state index is 0. The second-order valence-electron chi connectivity index (χ2n) is 4.88. The first-order valence-electron chi connectivity index (χ1n) is 6.68. The number of nitrogens with one attached hydrogen (secondary N) is 1. The molecule has 0 aromatic heterocycles. The van der Waals surface area contributed by atoms with Crippen molar-refractivity contribution in [3.05, 3.63) is 35.4 Å². The highest BCUT2D eigenvalue weighted by Gasteiger charge is 2.18. The van der Waals surface area contributed by atoms with Crippen LogP contribution in [0.1, 0.15) is 31.4 Å². The highest BCUT2D eigenvalue weighted by molar-refractivity contribution is 5.85. The van der Waals surface area contributed by atoms with E-state index >= 15 is 0 Å². The van der Waals surface area contributed by atoms with Gasteiger partial charge in [0, 0.05) is 13.7 Å². The Hall–Kier alpha value is -1.10. The standard InChI is InChI=1S/C15H24N2O2.ClH/c1-4-11(2)14(16)15(18)17-9-12-6-5-7-13(8-12)10-19-3;/h5-8,11,14H,4,9-10,16H2,1-3H3,(H,17,18);1H. The Morgan fingerprint density at radius 3 is 2.65 bits per heavy atom. The highest BCUT2D eigenvalue weighted by atomic mass is 35.5. The zero-order valence-electron chi connectivity index (χ0n) is 12.4. The van der Waals surface area contributed by atoms with E-state index in [4.69, 9.17) is 10.5 Å². The maximum atomic E-state index is 11.9. The smallest absolute Gasteiger partial charge is 0.237 e. The van der Waals surface area contributed by atoms with Crippen LogP contribution in [0, 0.1) is 5.92 Å². The highest BCUT2D eigenvalue weighted by Crippen LogP contribution is 2.08. The van der Waals surface area contributed by atoms with E-state index in [9.17, 15) is 4.79 Å². The predicted octanol–water partition coefficient (Wildman–Crippen LogP) is 2.24. The van der Waals surface area contributed by atoms with Crippen molar-refractivity contribution in [1.82, 2.24) is 5.32 Å². The van der Waals surface area contributed by atoms with E-state index in [1.807, 2.05) is 38.1 Å². The molecule has 0 aliphatic carbocycles. The van der Waals surface area contributed by atoms with Gasteiger partial charge in [-0.25, -0.2) is 0 Å². The van der Waals surface area contributed by atoms with Crippen LogP contribution in [0.3, 0.4) is 0 Å². The Bertz CT molecular complexity index is 413. The van der Waals surface area contributed by atoms with Gasteiger partial charge in [-0.15, -0.1) is 12.4 Å². The molecule has 0 heterocycles. The minimum Gasteiger partial charge on any atom is -0.380 e. The summed E-state index contributed by atoms with van der Waals surface area (Å²) < 4.78 is 5.09. The first kappa shape index (κ1) is 18.9. The van der Waals surface area contributed by atoms with Crippen molar-refractivity contribution in [2.24, 2.45) is 11.7 Å². The van der Waals surface area contributed by atoms with Gasteiger partial charge in [-0.1, -0.05) is 44.5 Å². The monoisotopic (exact) mass is 300 g/mol. The van der Waals surface area contributed by atoms with Gasteiger partial charge >= 0.3 is 0 Å². The summed E-state index contributed by atoms with van der Waals surface area (Å²) in [4.78, 5) is 11.9. The van der Waals surface area contributed by atoms with Crippen molar-refractivity contribution in [1.29, 1.82) is 0 Å². The summed E-state index contributed by atoms with van der Waals surface area (Å²) in [6.45, 7) is 5.10. The average molecular weight is 301 g/mol. The molecule has 2 atom stereocenters. The summed E-state index contributed by atoms with van der Waals surface area (Å²) in [5.74, 6) is 0.103. The maximum absolute atomic E-state index is 11.9. The van der Waals surface area contributed by atoms with E-state index in [1.54, 1.807) is 7.11 Å².